The van der Waals surface area contributed by atoms with E-state index in [4.69, 9.17) is 17.3 Å². The van der Waals surface area contributed by atoms with Crippen LogP contribution >= 0.6 is 11.6 Å². The lowest BCUT2D eigenvalue weighted by Crippen LogP contribution is -2.09. The summed E-state index contributed by atoms with van der Waals surface area (Å²) in [5.41, 5.74) is 11.6. The van der Waals surface area contributed by atoms with Gasteiger partial charge in [0.25, 0.3) is 0 Å². The van der Waals surface area contributed by atoms with E-state index in [0.29, 0.717) is 17.5 Å². The molecule has 1 aromatic carbocycles. The second-order valence-corrected chi connectivity index (χ2v) is 7.60. The molecule has 1 rings (SSSR count). The lowest BCUT2D eigenvalue weighted by Gasteiger charge is -2.21. The van der Waals surface area contributed by atoms with Crippen molar-refractivity contribution < 1.29 is 0 Å². The lowest BCUT2D eigenvalue weighted by molar-refractivity contribution is 0.804. The highest BCUT2D eigenvalue weighted by atomic mass is 35.5. The van der Waals surface area contributed by atoms with Crippen LogP contribution in [0.25, 0.3) is 0 Å². The van der Waals surface area contributed by atoms with E-state index < -0.39 is 0 Å². The molecule has 0 aliphatic carbocycles. The van der Waals surface area contributed by atoms with Crippen LogP contribution in [0.2, 0.25) is 5.02 Å². The van der Waals surface area contributed by atoms with Crippen molar-refractivity contribution >= 4 is 17.8 Å². The Balaban J connectivity index is 3.19. The maximum absolute atomic E-state index is 6.33. The number of nitrogens with zero attached hydrogens (tertiary/aromatic N) is 1. The average molecular weight is 347 g/mol. The third-order valence-electron chi connectivity index (χ3n) is 3.96. The minimum absolute atomic E-state index is 0.263. The van der Waals surface area contributed by atoms with Gasteiger partial charge in [-0.3, -0.25) is 4.99 Å². The summed E-state index contributed by atoms with van der Waals surface area (Å²) < 4.78 is 0. The Bertz CT molecular complexity index is 608. The predicted molar refractivity (Wildman–Crippen MR) is 108 cm³/mol. The van der Waals surface area contributed by atoms with E-state index in [1.807, 2.05) is 19.9 Å². The van der Waals surface area contributed by atoms with E-state index >= 15 is 0 Å². The normalized spacial score (nSPS) is 12.8. The molecule has 0 saturated carbocycles. The van der Waals surface area contributed by atoms with Crippen LogP contribution in [0.4, 0.5) is 0 Å². The first kappa shape index (κ1) is 20.5. The molecule has 0 aliphatic heterocycles. The molecule has 3 heteroatoms. The van der Waals surface area contributed by atoms with Crippen LogP contribution in [0.3, 0.4) is 0 Å². The van der Waals surface area contributed by atoms with Gasteiger partial charge in [0, 0.05) is 23.0 Å². The first-order valence-electron chi connectivity index (χ1n) is 8.62. The van der Waals surface area contributed by atoms with Crippen LogP contribution in [-0.2, 0) is 6.42 Å². The summed E-state index contributed by atoms with van der Waals surface area (Å²) >= 11 is 6.33. The second-order valence-electron chi connectivity index (χ2n) is 7.17. The number of benzene rings is 1. The number of allylic oxidation sites excluding steroid dienone is 2. The third kappa shape index (κ3) is 5.83. The van der Waals surface area contributed by atoms with Crippen LogP contribution in [0, 0.1) is 0 Å². The molecule has 0 saturated heterocycles. The molecule has 0 unspecified atom stereocenters. The number of hydrogen-bond acceptors (Lipinski definition) is 2. The SMILES string of the molecule is C=C(Cc1c(C(C)C)cc(Cl)cc1C(C)C)C(N)=CC=NC(C)C. The number of aliphatic imine (C=N–C) groups is 1. The number of hydrogen-bond donors (Lipinski definition) is 1. The Morgan fingerprint density at radius 2 is 1.62 bits per heavy atom. The topological polar surface area (TPSA) is 38.4 Å². The molecule has 1 aromatic rings. The first-order valence-corrected chi connectivity index (χ1v) is 9.00. The maximum atomic E-state index is 6.33. The van der Waals surface area contributed by atoms with Gasteiger partial charge in [0.05, 0.1) is 0 Å². The van der Waals surface area contributed by atoms with Gasteiger partial charge in [0.1, 0.15) is 0 Å². The van der Waals surface area contributed by atoms with Gasteiger partial charge < -0.3 is 5.73 Å². The van der Waals surface area contributed by atoms with Crippen molar-refractivity contribution in [3.05, 3.63) is 57.8 Å². The van der Waals surface area contributed by atoms with Crippen LogP contribution in [0.15, 0.2) is 41.1 Å². The molecule has 0 atom stereocenters. The Labute approximate surface area is 152 Å². The summed E-state index contributed by atoms with van der Waals surface area (Å²) in [6.07, 6.45) is 4.33. The monoisotopic (exact) mass is 346 g/mol. The molecule has 0 bridgehead atoms. The standard InChI is InChI=1S/C21H31ClN2/c1-13(2)18-11-17(22)12-19(14(3)4)20(18)10-16(7)21(23)8-9-24-15(5)6/h8-9,11-15H,7,10,23H2,1-6H3. The average Bonchev–Trinajstić information content (AvgIpc) is 2.47. The molecule has 2 N–H and O–H groups in total. The molecule has 0 amide bonds. The van der Waals surface area contributed by atoms with Crippen molar-refractivity contribution in [1.82, 2.24) is 0 Å². The zero-order valence-electron chi connectivity index (χ0n) is 15.9. The smallest absolute Gasteiger partial charge is 0.0443 e. The van der Waals surface area contributed by atoms with Gasteiger partial charge in [-0.2, -0.15) is 0 Å². The highest BCUT2D eigenvalue weighted by Crippen LogP contribution is 2.33. The summed E-state index contributed by atoms with van der Waals surface area (Å²) in [7, 11) is 0. The highest BCUT2D eigenvalue weighted by Gasteiger charge is 2.16. The Morgan fingerprint density at radius 3 is 2.04 bits per heavy atom. The van der Waals surface area contributed by atoms with E-state index in [-0.39, 0.29) is 6.04 Å². The Morgan fingerprint density at radius 1 is 1.12 bits per heavy atom. The molecule has 132 valence electrons. The molecule has 0 radical (unpaired) electrons. The van der Waals surface area contributed by atoms with Crippen molar-refractivity contribution in [3.63, 3.8) is 0 Å². The van der Waals surface area contributed by atoms with Crippen molar-refractivity contribution in [2.75, 3.05) is 0 Å². The van der Waals surface area contributed by atoms with Gasteiger partial charge in [-0.1, -0.05) is 45.9 Å². The molecule has 0 heterocycles. The first-order chi connectivity index (χ1) is 11.1. The molecular formula is C21H31ClN2. The fourth-order valence-corrected chi connectivity index (χ4v) is 2.88. The van der Waals surface area contributed by atoms with E-state index in [9.17, 15) is 0 Å². The summed E-state index contributed by atoms with van der Waals surface area (Å²) in [6, 6.07) is 4.40. The third-order valence-corrected chi connectivity index (χ3v) is 4.18. The fourth-order valence-electron chi connectivity index (χ4n) is 2.64. The van der Waals surface area contributed by atoms with E-state index in [1.54, 1.807) is 6.21 Å². The van der Waals surface area contributed by atoms with Crippen LogP contribution in [0.1, 0.15) is 70.1 Å². The summed E-state index contributed by atoms with van der Waals surface area (Å²) in [4.78, 5) is 4.32. The number of halogens is 1. The van der Waals surface area contributed by atoms with E-state index in [2.05, 4.69) is 51.4 Å². The molecule has 0 fully saturated rings. The number of rotatable bonds is 7. The molecule has 0 aromatic heterocycles. The van der Waals surface area contributed by atoms with Gasteiger partial charge in [0.2, 0.25) is 0 Å². The van der Waals surface area contributed by atoms with Gasteiger partial charge in [-0.15, -0.1) is 0 Å². The van der Waals surface area contributed by atoms with Crippen molar-refractivity contribution in [3.8, 4) is 0 Å². The van der Waals surface area contributed by atoms with Crippen LogP contribution in [0.5, 0.6) is 0 Å². The van der Waals surface area contributed by atoms with Crippen LogP contribution in [-0.4, -0.2) is 12.3 Å². The highest BCUT2D eigenvalue weighted by molar-refractivity contribution is 6.30. The minimum atomic E-state index is 0.263. The molecule has 0 spiro atoms. The fraction of sp³-hybridized carbons (Fsp3) is 0.476. The van der Waals surface area contributed by atoms with Crippen LogP contribution < -0.4 is 5.73 Å². The van der Waals surface area contributed by atoms with Gasteiger partial charge in [-0.25, -0.2) is 0 Å². The van der Waals surface area contributed by atoms with E-state index in [0.717, 1.165) is 17.0 Å². The largest absolute Gasteiger partial charge is 0.398 e. The molecule has 0 aliphatic rings. The summed E-state index contributed by atoms with van der Waals surface area (Å²) in [5, 5.41) is 0.796. The summed E-state index contributed by atoms with van der Waals surface area (Å²) in [6.45, 7) is 17.0. The zero-order valence-corrected chi connectivity index (χ0v) is 16.6. The van der Waals surface area contributed by atoms with Gasteiger partial charge >= 0.3 is 0 Å². The van der Waals surface area contributed by atoms with Crippen molar-refractivity contribution in [2.45, 2.75) is 65.8 Å². The van der Waals surface area contributed by atoms with Gasteiger partial charge in [-0.05, 0) is 72.6 Å². The maximum Gasteiger partial charge on any atom is 0.0443 e. The molecule has 24 heavy (non-hydrogen) atoms. The van der Waals surface area contributed by atoms with Crippen molar-refractivity contribution in [2.24, 2.45) is 10.7 Å². The second kappa shape index (κ2) is 9.08. The minimum Gasteiger partial charge on any atom is -0.398 e. The summed E-state index contributed by atoms with van der Waals surface area (Å²) in [5.74, 6) is 0.799. The van der Waals surface area contributed by atoms with Crippen molar-refractivity contribution in [1.29, 1.82) is 0 Å². The Hall–Kier alpha value is -1.54. The quantitative estimate of drug-likeness (QED) is 0.476. The van der Waals surface area contributed by atoms with Gasteiger partial charge in [0.15, 0.2) is 0 Å². The predicted octanol–water partition coefficient (Wildman–Crippen LogP) is 6.01. The van der Waals surface area contributed by atoms with E-state index in [1.165, 1.54) is 16.7 Å². The zero-order chi connectivity index (χ0) is 18.4. The number of nitrogens with two attached hydrogens (primary N) is 1. The Kier molecular flexibility index (Phi) is 7.75. The molecule has 2 nitrogen and oxygen atoms in total. The lowest BCUT2D eigenvalue weighted by atomic mass is 9.85. The molecular weight excluding hydrogens is 316 g/mol.